The number of piperidine rings is 1. The van der Waals surface area contributed by atoms with Crippen molar-refractivity contribution in [3.8, 4) is 0 Å². The van der Waals surface area contributed by atoms with Crippen molar-refractivity contribution >= 4 is 5.95 Å². The molecule has 3 aliphatic heterocycles. The summed E-state index contributed by atoms with van der Waals surface area (Å²) in [6.45, 7) is 11.9. The molecule has 5 rings (SSSR count). The summed E-state index contributed by atoms with van der Waals surface area (Å²) in [6.07, 6.45) is 15.1. The molecular formula is C25H41N5. The molecule has 4 aliphatic rings. The zero-order valence-corrected chi connectivity index (χ0v) is 19.3. The van der Waals surface area contributed by atoms with Gasteiger partial charge in [-0.2, -0.15) is 0 Å². The molecule has 2 atom stereocenters. The Labute approximate surface area is 183 Å². The molecule has 0 spiro atoms. The molecule has 1 aromatic heterocycles. The third-order valence-electron chi connectivity index (χ3n) is 8.63. The van der Waals surface area contributed by atoms with E-state index in [1.54, 1.807) is 0 Å². The highest BCUT2D eigenvalue weighted by Crippen LogP contribution is 2.36. The smallest absolute Gasteiger partial charge is 0.225 e. The van der Waals surface area contributed by atoms with Crippen LogP contribution < -0.4 is 4.90 Å². The van der Waals surface area contributed by atoms with Gasteiger partial charge in [-0.15, -0.1) is 0 Å². The molecule has 0 aromatic carbocycles. The van der Waals surface area contributed by atoms with Crippen LogP contribution in [0.1, 0.15) is 83.6 Å². The molecule has 4 fully saturated rings. The first kappa shape index (κ1) is 20.7. The molecule has 166 valence electrons. The Hall–Kier alpha value is -1.20. The average molecular weight is 412 g/mol. The monoisotopic (exact) mass is 411 g/mol. The van der Waals surface area contributed by atoms with Crippen molar-refractivity contribution in [1.82, 2.24) is 19.8 Å². The Bertz CT molecular complexity index is 674. The number of aromatic nitrogens is 2. The van der Waals surface area contributed by atoms with Gasteiger partial charge in [-0.1, -0.05) is 6.92 Å². The van der Waals surface area contributed by atoms with E-state index in [0.717, 1.165) is 31.0 Å². The highest BCUT2D eigenvalue weighted by Gasteiger charge is 2.41. The number of piperazine rings is 1. The fourth-order valence-corrected chi connectivity index (χ4v) is 6.56. The number of hydrogen-bond acceptors (Lipinski definition) is 5. The van der Waals surface area contributed by atoms with Gasteiger partial charge in [-0.05, 0) is 95.7 Å². The molecule has 0 amide bonds. The van der Waals surface area contributed by atoms with Gasteiger partial charge >= 0.3 is 0 Å². The topological polar surface area (TPSA) is 35.5 Å². The van der Waals surface area contributed by atoms with Crippen molar-refractivity contribution in [2.45, 2.75) is 102 Å². The lowest BCUT2D eigenvalue weighted by molar-refractivity contribution is 0.110. The van der Waals surface area contributed by atoms with Crippen LogP contribution in [-0.4, -0.2) is 70.1 Å². The predicted octanol–water partition coefficient (Wildman–Crippen LogP) is 4.30. The molecule has 0 N–H and O–H groups in total. The van der Waals surface area contributed by atoms with E-state index in [9.17, 15) is 0 Å². The van der Waals surface area contributed by atoms with E-state index in [1.807, 2.05) is 0 Å². The molecule has 5 nitrogen and oxygen atoms in total. The Kier molecular flexibility index (Phi) is 6.03. The van der Waals surface area contributed by atoms with E-state index in [-0.39, 0.29) is 0 Å². The second-order valence-electron chi connectivity index (χ2n) is 10.9. The molecular weight excluding hydrogens is 370 g/mol. The van der Waals surface area contributed by atoms with E-state index in [2.05, 4.69) is 47.9 Å². The summed E-state index contributed by atoms with van der Waals surface area (Å²) in [4.78, 5) is 17.7. The number of rotatable bonds is 4. The first-order valence-corrected chi connectivity index (χ1v) is 12.7. The minimum Gasteiger partial charge on any atom is -0.332 e. The maximum atomic E-state index is 4.89. The fraction of sp³-hybridized carbons (Fsp3) is 0.840. The van der Waals surface area contributed by atoms with Gasteiger partial charge in [0.25, 0.3) is 0 Å². The molecule has 2 unspecified atom stereocenters. The number of likely N-dealkylation sites (tertiary alicyclic amines) is 2. The normalized spacial score (nSPS) is 34.1. The van der Waals surface area contributed by atoms with E-state index < -0.39 is 0 Å². The lowest BCUT2D eigenvalue weighted by Gasteiger charge is -2.43. The summed E-state index contributed by atoms with van der Waals surface area (Å²) in [6, 6.07) is 2.68. The quantitative estimate of drug-likeness (QED) is 0.738. The van der Waals surface area contributed by atoms with Gasteiger partial charge in [0.05, 0.1) is 0 Å². The van der Waals surface area contributed by atoms with Gasteiger partial charge in [0.1, 0.15) is 0 Å². The third kappa shape index (κ3) is 4.12. The van der Waals surface area contributed by atoms with Crippen LogP contribution in [0.2, 0.25) is 0 Å². The second-order valence-corrected chi connectivity index (χ2v) is 10.9. The van der Waals surface area contributed by atoms with Crippen LogP contribution in [0.3, 0.4) is 0 Å². The van der Waals surface area contributed by atoms with E-state index >= 15 is 0 Å². The van der Waals surface area contributed by atoms with Crippen molar-refractivity contribution in [1.29, 1.82) is 0 Å². The largest absolute Gasteiger partial charge is 0.332 e. The zero-order chi connectivity index (χ0) is 20.7. The van der Waals surface area contributed by atoms with Gasteiger partial charge in [0.15, 0.2) is 0 Å². The lowest BCUT2D eigenvalue weighted by atomic mass is 9.84. The molecule has 5 heteroatoms. The molecule has 3 saturated heterocycles. The summed E-state index contributed by atoms with van der Waals surface area (Å²) in [5.41, 5.74) is 1.36. The number of fused-ring (bicyclic) bond motifs is 2. The standard InChI is InChI=1S/C25H41N5/c1-18(2)29-16-23-8-9-24(17-29)30(23)25-26-14-21(15-27-25)20-10-12-28(13-11-20)22-6-4-19(3)5-7-22/h14-15,18-20,22-24H,4-13,16-17H2,1-3H3/t19-,22+,23?,24?. The summed E-state index contributed by atoms with van der Waals surface area (Å²) in [5.74, 6) is 2.56. The Morgan fingerprint density at radius 2 is 1.37 bits per heavy atom. The summed E-state index contributed by atoms with van der Waals surface area (Å²) < 4.78 is 0. The van der Waals surface area contributed by atoms with Crippen molar-refractivity contribution in [2.24, 2.45) is 5.92 Å². The van der Waals surface area contributed by atoms with Gasteiger partial charge < -0.3 is 9.80 Å². The minimum atomic E-state index is 0.596. The van der Waals surface area contributed by atoms with Crippen LogP contribution in [0.25, 0.3) is 0 Å². The Morgan fingerprint density at radius 1 is 0.800 bits per heavy atom. The van der Waals surface area contributed by atoms with Crippen LogP contribution in [0, 0.1) is 5.92 Å². The van der Waals surface area contributed by atoms with Crippen LogP contribution in [0.5, 0.6) is 0 Å². The first-order valence-electron chi connectivity index (χ1n) is 12.7. The molecule has 2 bridgehead atoms. The van der Waals surface area contributed by atoms with E-state index in [4.69, 9.17) is 9.97 Å². The first-order chi connectivity index (χ1) is 14.6. The lowest BCUT2D eigenvalue weighted by Crippen LogP contribution is -2.56. The van der Waals surface area contributed by atoms with Crippen molar-refractivity contribution in [3.63, 3.8) is 0 Å². The minimum absolute atomic E-state index is 0.596. The van der Waals surface area contributed by atoms with Crippen LogP contribution in [0.15, 0.2) is 12.4 Å². The summed E-state index contributed by atoms with van der Waals surface area (Å²) >= 11 is 0. The van der Waals surface area contributed by atoms with Crippen molar-refractivity contribution in [3.05, 3.63) is 18.0 Å². The maximum absolute atomic E-state index is 4.89. The third-order valence-corrected chi connectivity index (χ3v) is 8.63. The molecule has 1 aliphatic carbocycles. The molecule has 4 heterocycles. The van der Waals surface area contributed by atoms with Crippen molar-refractivity contribution in [2.75, 3.05) is 31.1 Å². The maximum Gasteiger partial charge on any atom is 0.225 e. The molecule has 1 aromatic rings. The summed E-state index contributed by atoms with van der Waals surface area (Å²) in [5, 5.41) is 0. The molecule has 30 heavy (non-hydrogen) atoms. The zero-order valence-electron chi connectivity index (χ0n) is 19.3. The Balaban J connectivity index is 1.18. The highest BCUT2D eigenvalue weighted by molar-refractivity contribution is 5.38. The molecule has 1 saturated carbocycles. The predicted molar refractivity (Wildman–Crippen MR) is 123 cm³/mol. The second kappa shape index (κ2) is 8.74. The summed E-state index contributed by atoms with van der Waals surface area (Å²) in [7, 11) is 0. The number of nitrogens with zero attached hydrogens (tertiary/aromatic N) is 5. The van der Waals surface area contributed by atoms with Gasteiger partial charge in [0.2, 0.25) is 5.95 Å². The van der Waals surface area contributed by atoms with E-state index in [0.29, 0.717) is 24.0 Å². The van der Waals surface area contributed by atoms with Crippen LogP contribution >= 0.6 is 0 Å². The Morgan fingerprint density at radius 3 is 1.93 bits per heavy atom. The van der Waals surface area contributed by atoms with Crippen LogP contribution in [0.4, 0.5) is 5.95 Å². The average Bonchev–Trinajstić information content (AvgIpc) is 3.03. The fourth-order valence-electron chi connectivity index (χ4n) is 6.56. The highest BCUT2D eigenvalue weighted by atomic mass is 15.4. The SMILES string of the molecule is CC(C)N1CC2CCC(C1)N2c1ncc(C2CCN([C@H]3CC[C@@H](C)CC3)CC2)cn1. The molecule has 0 radical (unpaired) electrons. The number of anilines is 1. The van der Waals surface area contributed by atoms with Gasteiger partial charge in [0, 0.05) is 49.7 Å². The van der Waals surface area contributed by atoms with Gasteiger partial charge in [-0.25, -0.2) is 9.97 Å². The van der Waals surface area contributed by atoms with Crippen molar-refractivity contribution < 1.29 is 0 Å². The van der Waals surface area contributed by atoms with Gasteiger partial charge in [-0.3, -0.25) is 4.90 Å². The number of hydrogen-bond donors (Lipinski definition) is 0. The van der Waals surface area contributed by atoms with Crippen LogP contribution in [-0.2, 0) is 0 Å². The van der Waals surface area contributed by atoms with E-state index in [1.165, 1.54) is 70.0 Å².